The van der Waals surface area contributed by atoms with Gasteiger partial charge in [-0.15, -0.1) is 0 Å². The number of carbonyl (C=O) groups is 1. The van der Waals surface area contributed by atoms with Crippen molar-refractivity contribution >= 4 is 15.9 Å². The SMILES string of the molecule is CC(NC(=O)COc1ccc(S(=O)(=O)N2CCCCC2)cc1)c1ccc(F)cc1. The van der Waals surface area contributed by atoms with E-state index in [1.165, 1.54) is 28.6 Å². The number of nitrogens with one attached hydrogen (secondary N) is 1. The molecule has 29 heavy (non-hydrogen) atoms. The molecule has 6 nitrogen and oxygen atoms in total. The van der Waals surface area contributed by atoms with Crippen LogP contribution in [-0.4, -0.2) is 38.3 Å². The molecular weight excluding hydrogens is 395 g/mol. The zero-order valence-electron chi connectivity index (χ0n) is 16.3. The van der Waals surface area contributed by atoms with Crippen LogP contribution in [0.3, 0.4) is 0 Å². The van der Waals surface area contributed by atoms with Crippen LogP contribution >= 0.6 is 0 Å². The molecule has 8 heteroatoms. The largest absolute Gasteiger partial charge is 0.484 e. The summed E-state index contributed by atoms with van der Waals surface area (Å²) in [4.78, 5) is 12.3. The molecule has 0 bridgehead atoms. The number of nitrogens with zero attached hydrogens (tertiary/aromatic N) is 1. The molecule has 1 atom stereocenters. The monoisotopic (exact) mass is 420 g/mol. The number of sulfonamides is 1. The van der Waals surface area contributed by atoms with E-state index < -0.39 is 10.0 Å². The van der Waals surface area contributed by atoms with Gasteiger partial charge in [-0.1, -0.05) is 18.6 Å². The molecule has 0 radical (unpaired) electrons. The highest BCUT2D eigenvalue weighted by Gasteiger charge is 2.25. The Morgan fingerprint density at radius 3 is 2.31 bits per heavy atom. The van der Waals surface area contributed by atoms with E-state index in [1.54, 1.807) is 31.2 Å². The quantitative estimate of drug-likeness (QED) is 0.746. The average Bonchev–Trinajstić information content (AvgIpc) is 2.73. The normalized spacial score (nSPS) is 16.2. The van der Waals surface area contributed by atoms with Crippen molar-refractivity contribution in [3.05, 3.63) is 59.9 Å². The predicted molar refractivity (Wildman–Crippen MR) is 108 cm³/mol. The van der Waals surface area contributed by atoms with Crippen LogP contribution in [0.5, 0.6) is 5.75 Å². The van der Waals surface area contributed by atoms with Crippen LogP contribution in [0.25, 0.3) is 0 Å². The third-order valence-corrected chi connectivity index (χ3v) is 6.81. The molecule has 0 saturated carbocycles. The minimum Gasteiger partial charge on any atom is -0.484 e. The van der Waals surface area contributed by atoms with Crippen LogP contribution in [0.4, 0.5) is 4.39 Å². The molecule has 1 aliphatic heterocycles. The Bertz CT molecular complexity index is 924. The first-order chi connectivity index (χ1) is 13.9. The summed E-state index contributed by atoms with van der Waals surface area (Å²) in [7, 11) is -3.49. The molecule has 2 aromatic carbocycles. The fourth-order valence-corrected chi connectivity index (χ4v) is 4.75. The third kappa shape index (κ3) is 5.55. The van der Waals surface area contributed by atoms with E-state index in [9.17, 15) is 17.6 Å². The number of piperidine rings is 1. The van der Waals surface area contributed by atoms with Gasteiger partial charge in [-0.05, 0) is 61.7 Å². The lowest BCUT2D eigenvalue weighted by Crippen LogP contribution is -2.35. The number of amides is 1. The number of rotatable bonds is 7. The first kappa shape index (κ1) is 21.3. The van der Waals surface area contributed by atoms with Crippen LogP contribution in [0.1, 0.15) is 37.8 Å². The molecule has 1 heterocycles. The van der Waals surface area contributed by atoms with Crippen molar-refractivity contribution in [1.82, 2.24) is 9.62 Å². The number of hydrogen-bond donors (Lipinski definition) is 1. The van der Waals surface area contributed by atoms with Gasteiger partial charge in [0.2, 0.25) is 10.0 Å². The highest BCUT2D eigenvalue weighted by atomic mass is 32.2. The second-order valence-electron chi connectivity index (χ2n) is 7.07. The van der Waals surface area contributed by atoms with Crippen molar-refractivity contribution in [3.63, 3.8) is 0 Å². The van der Waals surface area contributed by atoms with E-state index >= 15 is 0 Å². The zero-order chi connectivity index (χ0) is 20.9. The van der Waals surface area contributed by atoms with Gasteiger partial charge in [-0.25, -0.2) is 12.8 Å². The summed E-state index contributed by atoms with van der Waals surface area (Å²) < 4.78 is 45.2. The fraction of sp³-hybridized carbons (Fsp3) is 0.381. The minimum absolute atomic E-state index is 0.205. The van der Waals surface area contributed by atoms with Gasteiger partial charge in [0.25, 0.3) is 5.91 Å². The molecule has 3 rings (SSSR count). The van der Waals surface area contributed by atoms with E-state index in [0.717, 1.165) is 24.8 Å². The number of carbonyl (C=O) groups excluding carboxylic acids is 1. The van der Waals surface area contributed by atoms with Gasteiger partial charge in [0, 0.05) is 13.1 Å². The summed E-state index contributed by atoms with van der Waals surface area (Å²) in [6.07, 6.45) is 2.82. The lowest BCUT2D eigenvalue weighted by atomic mass is 10.1. The lowest BCUT2D eigenvalue weighted by molar-refractivity contribution is -0.123. The lowest BCUT2D eigenvalue weighted by Gasteiger charge is -2.25. The number of benzene rings is 2. The highest BCUT2D eigenvalue weighted by Crippen LogP contribution is 2.22. The van der Waals surface area contributed by atoms with Gasteiger partial charge < -0.3 is 10.1 Å². The summed E-state index contributed by atoms with van der Waals surface area (Å²) in [5.41, 5.74) is 0.784. The maximum Gasteiger partial charge on any atom is 0.258 e. The molecule has 0 spiro atoms. The molecule has 1 saturated heterocycles. The van der Waals surface area contributed by atoms with Gasteiger partial charge in [0.15, 0.2) is 6.61 Å². The van der Waals surface area contributed by atoms with Gasteiger partial charge in [0.05, 0.1) is 10.9 Å². The summed E-state index contributed by atoms with van der Waals surface area (Å²) >= 11 is 0. The van der Waals surface area contributed by atoms with Gasteiger partial charge in [-0.2, -0.15) is 4.31 Å². The molecule has 1 N–H and O–H groups in total. The third-order valence-electron chi connectivity index (χ3n) is 4.89. The number of hydrogen-bond acceptors (Lipinski definition) is 4. The second-order valence-corrected chi connectivity index (χ2v) is 9.00. The van der Waals surface area contributed by atoms with Gasteiger partial charge in [0.1, 0.15) is 11.6 Å². The Morgan fingerprint density at radius 1 is 1.07 bits per heavy atom. The van der Waals surface area contributed by atoms with Crippen LogP contribution < -0.4 is 10.1 Å². The molecule has 156 valence electrons. The maximum absolute atomic E-state index is 13.0. The van der Waals surface area contributed by atoms with E-state index in [-0.39, 0.29) is 29.3 Å². The van der Waals surface area contributed by atoms with Crippen molar-refractivity contribution in [2.45, 2.75) is 37.1 Å². The molecule has 1 aliphatic rings. The Hall–Kier alpha value is -2.45. The van der Waals surface area contributed by atoms with Crippen molar-refractivity contribution in [3.8, 4) is 5.75 Å². The molecule has 1 unspecified atom stereocenters. The Balaban J connectivity index is 1.53. The first-order valence-corrected chi connectivity index (χ1v) is 11.1. The second kappa shape index (κ2) is 9.37. The standard InChI is InChI=1S/C21H25FN2O4S/c1-16(17-5-7-18(22)8-6-17)23-21(25)15-28-19-9-11-20(12-10-19)29(26,27)24-13-3-2-4-14-24/h5-12,16H,2-4,13-15H2,1H3,(H,23,25). The molecular formula is C21H25FN2O4S. The topological polar surface area (TPSA) is 75.7 Å². The van der Waals surface area contributed by atoms with Gasteiger partial charge >= 0.3 is 0 Å². The number of halogens is 1. The van der Waals surface area contributed by atoms with E-state index in [0.29, 0.717) is 18.8 Å². The smallest absolute Gasteiger partial charge is 0.258 e. The summed E-state index contributed by atoms with van der Waals surface area (Å²) in [5, 5.41) is 2.78. The fourth-order valence-electron chi connectivity index (χ4n) is 3.23. The molecule has 1 fully saturated rings. The zero-order valence-corrected chi connectivity index (χ0v) is 17.1. The Morgan fingerprint density at radius 2 is 1.69 bits per heavy atom. The Labute approximate surface area is 170 Å². The number of ether oxygens (including phenoxy) is 1. The predicted octanol–water partition coefficient (Wildman–Crippen LogP) is 3.26. The van der Waals surface area contributed by atoms with Gasteiger partial charge in [-0.3, -0.25) is 4.79 Å². The molecule has 2 aromatic rings. The summed E-state index contributed by atoms with van der Waals surface area (Å²) in [6.45, 7) is 2.69. The van der Waals surface area contributed by atoms with Crippen LogP contribution in [-0.2, 0) is 14.8 Å². The van der Waals surface area contributed by atoms with Crippen LogP contribution in [0, 0.1) is 5.82 Å². The molecule has 0 aromatic heterocycles. The summed E-state index contributed by atoms with van der Waals surface area (Å²) in [6, 6.07) is 11.7. The molecule has 0 aliphatic carbocycles. The van der Waals surface area contributed by atoms with E-state index in [1.807, 2.05) is 0 Å². The van der Waals surface area contributed by atoms with Crippen LogP contribution in [0.15, 0.2) is 53.4 Å². The van der Waals surface area contributed by atoms with E-state index in [2.05, 4.69) is 5.32 Å². The highest BCUT2D eigenvalue weighted by molar-refractivity contribution is 7.89. The van der Waals surface area contributed by atoms with E-state index in [4.69, 9.17) is 4.74 Å². The maximum atomic E-state index is 13.0. The first-order valence-electron chi connectivity index (χ1n) is 9.64. The van der Waals surface area contributed by atoms with Crippen molar-refractivity contribution in [1.29, 1.82) is 0 Å². The van der Waals surface area contributed by atoms with Crippen molar-refractivity contribution < 1.29 is 22.3 Å². The Kier molecular flexibility index (Phi) is 6.87. The van der Waals surface area contributed by atoms with Crippen molar-refractivity contribution in [2.24, 2.45) is 0 Å². The van der Waals surface area contributed by atoms with Crippen molar-refractivity contribution in [2.75, 3.05) is 19.7 Å². The molecule has 1 amide bonds. The minimum atomic E-state index is -3.49. The van der Waals surface area contributed by atoms with Crippen LogP contribution in [0.2, 0.25) is 0 Å². The average molecular weight is 421 g/mol. The summed E-state index contributed by atoms with van der Waals surface area (Å²) in [5.74, 6) is -0.250.